The summed E-state index contributed by atoms with van der Waals surface area (Å²) < 4.78 is 11.2. The van der Waals surface area contributed by atoms with Gasteiger partial charge in [-0.25, -0.2) is 9.59 Å². The summed E-state index contributed by atoms with van der Waals surface area (Å²) in [6, 6.07) is 15.1. The van der Waals surface area contributed by atoms with Crippen molar-refractivity contribution in [3.63, 3.8) is 0 Å². The number of ether oxygens (including phenoxy) is 2. The van der Waals surface area contributed by atoms with Crippen molar-refractivity contribution < 1.29 is 23.9 Å². The van der Waals surface area contributed by atoms with Crippen molar-refractivity contribution >= 4 is 46.3 Å². The highest BCUT2D eigenvalue weighted by molar-refractivity contribution is 8.10. The number of nitrogens with two attached hydrogens (primary N) is 1. The summed E-state index contributed by atoms with van der Waals surface area (Å²) in [5.74, 6) is -1.79. The zero-order valence-corrected chi connectivity index (χ0v) is 20.1. The highest BCUT2D eigenvalue weighted by atomic mass is 32.2. The minimum absolute atomic E-state index is 0.0577. The molecule has 2 aromatic carbocycles. The first-order chi connectivity index (χ1) is 16.3. The maximum Gasteiger partial charge on any atom is 0.357 e. The zero-order chi connectivity index (χ0) is 24.6. The molecule has 7 nitrogen and oxygen atoms in total. The van der Waals surface area contributed by atoms with Gasteiger partial charge in [0.1, 0.15) is 10.2 Å². The number of esters is 2. The number of nitrogens with zero attached hydrogens (tertiary/aromatic N) is 1. The van der Waals surface area contributed by atoms with Crippen LogP contribution in [0.4, 0.5) is 5.69 Å². The number of fused-ring (bicyclic) bond motifs is 1. The van der Waals surface area contributed by atoms with E-state index in [0.29, 0.717) is 10.8 Å². The summed E-state index contributed by atoms with van der Waals surface area (Å²) in [6.07, 6.45) is 1.75. The topological polar surface area (TPSA) is 101 Å². The average Bonchev–Trinajstić information content (AvgIpc) is 3.13. The molecule has 4 rings (SSSR count). The Morgan fingerprint density at radius 3 is 2.06 bits per heavy atom. The van der Waals surface area contributed by atoms with Crippen LogP contribution in [0.15, 0.2) is 48.5 Å². The average molecular weight is 477 g/mol. The van der Waals surface area contributed by atoms with Gasteiger partial charge in [0, 0.05) is 5.22 Å². The second-order valence-corrected chi connectivity index (χ2v) is 9.09. The first-order valence-corrected chi connectivity index (χ1v) is 11.4. The lowest BCUT2D eigenvalue weighted by Gasteiger charge is -2.23. The fourth-order valence-electron chi connectivity index (χ4n) is 3.86. The molecule has 0 saturated heterocycles. The molecule has 1 atom stereocenters. The Morgan fingerprint density at radius 1 is 0.941 bits per heavy atom. The molecule has 8 heteroatoms. The number of aryl methyl sites for hydroxylation is 2. The molecule has 2 N–H and O–H groups in total. The predicted molar refractivity (Wildman–Crippen MR) is 132 cm³/mol. The second kappa shape index (κ2) is 9.23. The molecule has 3 aromatic rings. The van der Waals surface area contributed by atoms with Gasteiger partial charge in [-0.2, -0.15) is 0 Å². The van der Waals surface area contributed by atoms with Crippen molar-refractivity contribution in [3.05, 3.63) is 87.0 Å². The number of nitrogen functional groups attached to an aromatic ring is 1. The van der Waals surface area contributed by atoms with Gasteiger partial charge < -0.3 is 15.2 Å². The molecule has 1 aliphatic heterocycles. The van der Waals surface area contributed by atoms with E-state index < -0.39 is 23.1 Å². The Labute approximate surface area is 200 Å². The number of methoxy groups -OCH3 is 2. The van der Waals surface area contributed by atoms with Gasteiger partial charge in [0.2, 0.25) is 5.91 Å². The largest absolute Gasteiger partial charge is 0.465 e. The fourth-order valence-corrected chi connectivity index (χ4v) is 5.08. The number of carbonyl (C=O) groups is 3. The van der Waals surface area contributed by atoms with Crippen molar-refractivity contribution in [1.29, 1.82) is 0 Å². The van der Waals surface area contributed by atoms with Gasteiger partial charge >= 0.3 is 11.9 Å². The number of aromatic nitrogens is 1. The molecule has 34 heavy (non-hydrogen) atoms. The number of benzene rings is 2. The lowest BCUT2D eigenvalue weighted by molar-refractivity contribution is -0.133. The number of hydrogen-bond donors (Lipinski definition) is 1. The Bertz CT molecular complexity index is 1420. The van der Waals surface area contributed by atoms with Gasteiger partial charge in [-0.1, -0.05) is 71.4 Å². The summed E-state index contributed by atoms with van der Waals surface area (Å²) in [5.41, 5.74) is 9.97. The van der Waals surface area contributed by atoms with Crippen LogP contribution in [0.25, 0.3) is 11.0 Å². The minimum Gasteiger partial charge on any atom is -0.465 e. The molecule has 1 aliphatic rings. The maximum atomic E-state index is 13.8. The van der Waals surface area contributed by atoms with Gasteiger partial charge in [-0.3, -0.25) is 9.36 Å². The molecule has 2 heterocycles. The monoisotopic (exact) mass is 476 g/mol. The summed E-state index contributed by atoms with van der Waals surface area (Å²) in [4.78, 5) is 39.6. The van der Waals surface area contributed by atoms with Crippen LogP contribution in [0.3, 0.4) is 0 Å². The van der Waals surface area contributed by atoms with Gasteiger partial charge in [-0.05, 0) is 31.1 Å². The van der Waals surface area contributed by atoms with E-state index in [4.69, 9.17) is 15.2 Å². The zero-order valence-electron chi connectivity index (χ0n) is 19.2. The van der Waals surface area contributed by atoms with E-state index >= 15 is 0 Å². The number of thioether (sulfide) groups is 1. The van der Waals surface area contributed by atoms with Crippen LogP contribution in [-0.4, -0.2) is 36.6 Å². The maximum absolute atomic E-state index is 13.8. The molecular formula is C26H24N2O5S. The Kier molecular flexibility index (Phi) is 6.34. The number of anilines is 1. The lowest BCUT2D eigenvalue weighted by Crippen LogP contribution is -2.42. The Balaban J connectivity index is 2.09. The fraction of sp³-hybridized carbons (Fsp3) is 0.192. The number of hydrogen-bond acceptors (Lipinski definition) is 7. The van der Waals surface area contributed by atoms with Gasteiger partial charge in [0.25, 0.3) is 0 Å². The second-order valence-electron chi connectivity index (χ2n) is 7.97. The molecule has 0 saturated carbocycles. The van der Waals surface area contributed by atoms with Crippen molar-refractivity contribution in [2.75, 3.05) is 20.0 Å². The third kappa shape index (κ3) is 4.01. The quantitative estimate of drug-likeness (QED) is 0.578. The third-order valence-electron chi connectivity index (χ3n) is 5.66. The molecule has 1 aromatic heterocycles. The molecule has 1 unspecified atom stereocenters. The molecule has 0 aliphatic carbocycles. The minimum atomic E-state index is -0.773. The van der Waals surface area contributed by atoms with E-state index in [1.54, 1.807) is 6.08 Å². The predicted octanol–water partition coefficient (Wildman–Crippen LogP) is 2.71. The molecule has 0 fully saturated rings. The van der Waals surface area contributed by atoms with Crippen LogP contribution in [0.1, 0.15) is 42.8 Å². The molecule has 0 radical (unpaired) electrons. The van der Waals surface area contributed by atoms with E-state index in [2.05, 4.69) is 0 Å². The van der Waals surface area contributed by atoms with Crippen molar-refractivity contribution in [2.24, 2.45) is 0 Å². The van der Waals surface area contributed by atoms with Crippen molar-refractivity contribution in [1.82, 2.24) is 4.57 Å². The lowest BCUT2D eigenvalue weighted by atomic mass is 10.1. The third-order valence-corrected chi connectivity index (χ3v) is 6.97. The van der Waals surface area contributed by atoms with E-state index in [1.807, 2.05) is 62.4 Å². The van der Waals surface area contributed by atoms with Crippen LogP contribution >= 0.6 is 11.8 Å². The normalized spacial score (nSPS) is 15.8. The summed E-state index contributed by atoms with van der Waals surface area (Å²) in [6.45, 7) is 3.91. The molecule has 0 spiro atoms. The van der Waals surface area contributed by atoms with Crippen molar-refractivity contribution in [3.8, 4) is 0 Å². The van der Waals surface area contributed by atoms with Gasteiger partial charge in [0.05, 0.1) is 25.3 Å². The Hall–Kier alpha value is -3.78. The summed E-state index contributed by atoms with van der Waals surface area (Å²) in [5, 5.41) is -0.166. The van der Waals surface area contributed by atoms with Crippen LogP contribution < -0.4 is 16.3 Å². The van der Waals surface area contributed by atoms with E-state index in [0.717, 1.165) is 28.5 Å². The van der Waals surface area contributed by atoms with Gasteiger partial charge in [-0.15, -0.1) is 0 Å². The van der Waals surface area contributed by atoms with Crippen LogP contribution in [0.5, 0.6) is 0 Å². The summed E-state index contributed by atoms with van der Waals surface area (Å²) >= 11 is 1.09. The number of rotatable bonds is 4. The van der Waals surface area contributed by atoms with Crippen LogP contribution in [0.2, 0.25) is 0 Å². The SMILES string of the molecule is COC(=O)C1=c2/c(=C/c3ccc(C)cc3)c(N)c(C(=O)OC)n2C(=O)C(c2ccc(C)cc2)S1. The molecule has 0 bridgehead atoms. The number of carbonyl (C=O) groups excluding carboxylic acids is 3. The molecular weight excluding hydrogens is 452 g/mol. The van der Waals surface area contributed by atoms with Crippen molar-refractivity contribution in [2.45, 2.75) is 19.1 Å². The first kappa shape index (κ1) is 23.4. The summed E-state index contributed by atoms with van der Waals surface area (Å²) in [7, 11) is 2.49. The highest BCUT2D eigenvalue weighted by Gasteiger charge is 2.38. The standard InChI is InChI=1S/C26H24N2O5S/c1-14-5-9-16(10-6-14)13-18-19(27)21(25(30)32-3)28-20(18)23(26(31)33-4)34-22(24(28)29)17-11-7-15(2)8-12-17/h5-13,22H,27H2,1-4H3/b18-13+. The highest BCUT2D eigenvalue weighted by Crippen LogP contribution is 2.39. The van der Waals surface area contributed by atoms with E-state index in [1.165, 1.54) is 18.8 Å². The van der Waals surface area contributed by atoms with E-state index in [9.17, 15) is 14.4 Å². The van der Waals surface area contributed by atoms with Crippen LogP contribution in [-0.2, 0) is 14.3 Å². The Morgan fingerprint density at radius 2 is 1.50 bits per heavy atom. The van der Waals surface area contributed by atoms with Gasteiger partial charge in [0.15, 0.2) is 5.69 Å². The van der Waals surface area contributed by atoms with Crippen LogP contribution in [0, 0.1) is 13.8 Å². The smallest absolute Gasteiger partial charge is 0.357 e. The molecule has 0 amide bonds. The molecule has 174 valence electrons. The van der Waals surface area contributed by atoms with E-state index in [-0.39, 0.29) is 21.6 Å². The first-order valence-electron chi connectivity index (χ1n) is 10.5.